The van der Waals surface area contributed by atoms with Crippen molar-refractivity contribution in [1.82, 2.24) is 4.90 Å². The average molecular weight is 287 g/mol. The van der Waals surface area contributed by atoms with Gasteiger partial charge in [0.05, 0.1) is 18.0 Å². The third-order valence-electron chi connectivity index (χ3n) is 3.44. The fourth-order valence-corrected chi connectivity index (χ4v) is 3.43. The molecule has 0 saturated carbocycles. The molecule has 0 aliphatic carbocycles. The zero-order valence-corrected chi connectivity index (χ0v) is 12.3. The monoisotopic (exact) mass is 287 g/mol. The van der Waals surface area contributed by atoms with Gasteiger partial charge in [0.15, 0.2) is 0 Å². The molecular weight excluding hydrogens is 270 g/mol. The Morgan fingerprint density at radius 3 is 2.90 bits per heavy atom. The van der Waals surface area contributed by atoms with Gasteiger partial charge in [-0.25, -0.2) is 0 Å². The molecule has 0 atom stereocenters. The highest BCUT2D eigenvalue weighted by molar-refractivity contribution is 7.99. The van der Waals surface area contributed by atoms with Gasteiger partial charge < -0.3 is 9.64 Å². The van der Waals surface area contributed by atoms with Crippen molar-refractivity contribution in [3.05, 3.63) is 42.0 Å². The van der Waals surface area contributed by atoms with E-state index < -0.39 is 0 Å². The smallest absolute Gasteiger partial charge is 0.258 e. The first-order chi connectivity index (χ1) is 9.81. The average Bonchev–Trinajstić information content (AvgIpc) is 3.01. The normalized spacial score (nSPS) is 14.8. The van der Waals surface area contributed by atoms with Crippen LogP contribution in [0.15, 0.2) is 36.4 Å². The Labute approximate surface area is 122 Å². The number of carbonyl (C=O) groups is 1. The maximum atomic E-state index is 12.8. The number of thioether (sulfide) groups is 1. The highest BCUT2D eigenvalue weighted by Crippen LogP contribution is 2.30. The number of ether oxygens (including phenoxy) is 1. The van der Waals surface area contributed by atoms with Gasteiger partial charge in [-0.2, -0.15) is 0 Å². The van der Waals surface area contributed by atoms with Crippen molar-refractivity contribution in [2.75, 3.05) is 24.8 Å². The predicted molar refractivity (Wildman–Crippen MR) is 83.5 cm³/mol. The molecule has 0 N–H and O–H groups in total. The van der Waals surface area contributed by atoms with Crippen molar-refractivity contribution in [2.45, 2.75) is 6.92 Å². The molecule has 1 amide bonds. The quantitative estimate of drug-likeness (QED) is 0.866. The van der Waals surface area contributed by atoms with Crippen molar-refractivity contribution >= 4 is 28.4 Å². The predicted octanol–water partition coefficient (Wildman–Crippen LogP) is 3.39. The number of carbonyl (C=O) groups excluding carboxylic acids is 1. The number of hydrogen-bond donors (Lipinski definition) is 0. The summed E-state index contributed by atoms with van der Waals surface area (Å²) in [6.45, 7) is 3.32. The lowest BCUT2D eigenvalue weighted by atomic mass is 10.0. The Morgan fingerprint density at radius 2 is 2.15 bits per heavy atom. The molecule has 0 bridgehead atoms. The van der Waals surface area contributed by atoms with E-state index in [1.54, 1.807) is 11.8 Å². The highest BCUT2D eigenvalue weighted by atomic mass is 32.2. The third-order valence-corrected chi connectivity index (χ3v) is 4.41. The van der Waals surface area contributed by atoms with E-state index in [-0.39, 0.29) is 5.91 Å². The zero-order valence-electron chi connectivity index (χ0n) is 11.5. The van der Waals surface area contributed by atoms with E-state index in [4.69, 9.17) is 4.74 Å². The summed E-state index contributed by atoms with van der Waals surface area (Å²) < 4.78 is 5.67. The van der Waals surface area contributed by atoms with E-state index in [1.807, 2.05) is 48.2 Å². The van der Waals surface area contributed by atoms with Crippen LogP contribution in [0.4, 0.5) is 0 Å². The molecule has 104 valence electrons. The lowest BCUT2D eigenvalue weighted by molar-refractivity contribution is 0.0800. The van der Waals surface area contributed by atoms with E-state index >= 15 is 0 Å². The first-order valence-corrected chi connectivity index (χ1v) is 7.98. The topological polar surface area (TPSA) is 29.5 Å². The van der Waals surface area contributed by atoms with E-state index in [1.165, 1.54) is 0 Å². The molecule has 4 heteroatoms. The van der Waals surface area contributed by atoms with Gasteiger partial charge in [-0.15, -0.1) is 11.8 Å². The summed E-state index contributed by atoms with van der Waals surface area (Å²) in [5, 5.41) is 2.05. The fraction of sp³-hybridized carbons (Fsp3) is 0.312. The van der Waals surface area contributed by atoms with Crippen molar-refractivity contribution in [3.63, 3.8) is 0 Å². The molecule has 0 aromatic heterocycles. The lowest BCUT2D eigenvalue weighted by Crippen LogP contribution is -2.28. The Morgan fingerprint density at radius 1 is 1.30 bits per heavy atom. The Bertz CT molecular complexity index is 635. The standard InChI is InChI=1S/C16H17NO2S/c1-2-19-14-8-7-12-5-3-4-6-13(12)15(14)16(18)17-9-10-20-11-17/h3-8H,2,9-11H2,1H3. The van der Waals surface area contributed by atoms with Crippen LogP contribution in [-0.2, 0) is 0 Å². The highest BCUT2D eigenvalue weighted by Gasteiger charge is 2.24. The van der Waals surface area contributed by atoms with Gasteiger partial charge in [-0.1, -0.05) is 30.3 Å². The first-order valence-electron chi connectivity index (χ1n) is 6.83. The number of hydrogen-bond acceptors (Lipinski definition) is 3. The van der Waals surface area contributed by atoms with Crippen LogP contribution in [0, 0.1) is 0 Å². The van der Waals surface area contributed by atoms with E-state index in [0.717, 1.165) is 28.9 Å². The van der Waals surface area contributed by atoms with E-state index in [9.17, 15) is 4.79 Å². The number of benzene rings is 2. The Balaban J connectivity index is 2.13. The second kappa shape index (κ2) is 5.75. The minimum absolute atomic E-state index is 0.0789. The minimum Gasteiger partial charge on any atom is -0.493 e. The molecule has 1 heterocycles. The minimum atomic E-state index is 0.0789. The van der Waals surface area contributed by atoms with Crippen LogP contribution < -0.4 is 4.74 Å². The maximum Gasteiger partial charge on any atom is 0.258 e. The van der Waals surface area contributed by atoms with Gasteiger partial charge in [0, 0.05) is 12.3 Å². The van der Waals surface area contributed by atoms with Crippen LogP contribution in [0.3, 0.4) is 0 Å². The first kappa shape index (κ1) is 13.3. The van der Waals surface area contributed by atoms with Crippen LogP contribution in [0.25, 0.3) is 10.8 Å². The second-order valence-electron chi connectivity index (χ2n) is 4.70. The number of nitrogens with zero attached hydrogens (tertiary/aromatic N) is 1. The number of rotatable bonds is 3. The van der Waals surface area contributed by atoms with Crippen molar-refractivity contribution in [2.24, 2.45) is 0 Å². The summed E-state index contributed by atoms with van der Waals surface area (Å²) in [5.41, 5.74) is 0.701. The molecule has 1 saturated heterocycles. The van der Waals surface area contributed by atoms with Gasteiger partial charge in [0.2, 0.25) is 0 Å². The van der Waals surface area contributed by atoms with Gasteiger partial charge in [0.1, 0.15) is 5.75 Å². The third kappa shape index (κ3) is 2.36. The molecule has 20 heavy (non-hydrogen) atoms. The SMILES string of the molecule is CCOc1ccc2ccccc2c1C(=O)N1CCSC1. The Hall–Kier alpha value is -1.68. The van der Waals surface area contributed by atoms with Crippen molar-refractivity contribution in [1.29, 1.82) is 0 Å². The molecule has 1 aliphatic heterocycles. The number of fused-ring (bicyclic) bond motifs is 1. The molecule has 3 nitrogen and oxygen atoms in total. The van der Waals surface area contributed by atoms with Crippen LogP contribution in [-0.4, -0.2) is 35.6 Å². The zero-order chi connectivity index (χ0) is 13.9. The van der Waals surface area contributed by atoms with Crippen LogP contribution in [0.2, 0.25) is 0 Å². The van der Waals surface area contributed by atoms with Crippen molar-refractivity contribution in [3.8, 4) is 5.75 Å². The molecule has 1 aliphatic rings. The van der Waals surface area contributed by atoms with E-state index in [2.05, 4.69) is 0 Å². The van der Waals surface area contributed by atoms with Gasteiger partial charge in [-0.3, -0.25) is 4.79 Å². The summed E-state index contributed by atoms with van der Waals surface area (Å²) >= 11 is 1.79. The lowest BCUT2D eigenvalue weighted by Gasteiger charge is -2.18. The summed E-state index contributed by atoms with van der Waals surface area (Å²) in [4.78, 5) is 14.7. The van der Waals surface area contributed by atoms with Crippen LogP contribution in [0.1, 0.15) is 17.3 Å². The van der Waals surface area contributed by atoms with Gasteiger partial charge in [-0.05, 0) is 23.8 Å². The fourth-order valence-electron chi connectivity index (χ4n) is 2.48. The van der Waals surface area contributed by atoms with Gasteiger partial charge in [0.25, 0.3) is 5.91 Å². The van der Waals surface area contributed by atoms with Crippen LogP contribution in [0.5, 0.6) is 5.75 Å². The summed E-state index contributed by atoms with van der Waals surface area (Å²) in [6, 6.07) is 11.9. The molecule has 0 unspecified atom stereocenters. The largest absolute Gasteiger partial charge is 0.493 e. The summed E-state index contributed by atoms with van der Waals surface area (Å²) in [6.07, 6.45) is 0. The molecule has 1 fully saturated rings. The molecule has 3 rings (SSSR count). The summed E-state index contributed by atoms with van der Waals surface area (Å²) in [5.74, 6) is 2.55. The second-order valence-corrected chi connectivity index (χ2v) is 5.77. The van der Waals surface area contributed by atoms with E-state index in [0.29, 0.717) is 17.9 Å². The number of amides is 1. The van der Waals surface area contributed by atoms with Crippen molar-refractivity contribution < 1.29 is 9.53 Å². The molecule has 0 radical (unpaired) electrons. The molecule has 2 aromatic rings. The molecular formula is C16H17NO2S. The molecule has 0 spiro atoms. The van der Waals surface area contributed by atoms with Crippen LogP contribution >= 0.6 is 11.8 Å². The molecule has 2 aromatic carbocycles. The van der Waals surface area contributed by atoms with Gasteiger partial charge >= 0.3 is 0 Å². The maximum absolute atomic E-state index is 12.8. The summed E-state index contributed by atoms with van der Waals surface area (Å²) in [7, 11) is 0. The Kier molecular flexibility index (Phi) is 3.83.